The molecule has 1 aliphatic heterocycles. The van der Waals surface area contributed by atoms with Gasteiger partial charge in [0.2, 0.25) is 0 Å². The van der Waals surface area contributed by atoms with Crippen molar-refractivity contribution in [2.24, 2.45) is 4.99 Å². The lowest BCUT2D eigenvalue weighted by Gasteiger charge is -2.32. The minimum absolute atomic E-state index is 0.239. The van der Waals surface area contributed by atoms with E-state index < -0.39 is 6.09 Å². The van der Waals surface area contributed by atoms with Crippen LogP contribution in [0.15, 0.2) is 29.3 Å². The van der Waals surface area contributed by atoms with Crippen molar-refractivity contribution < 1.29 is 19.1 Å². The summed E-state index contributed by atoms with van der Waals surface area (Å²) in [6.07, 6.45) is 0.953. The molecule has 1 aliphatic rings. The van der Waals surface area contributed by atoms with Crippen molar-refractivity contribution in [2.45, 2.75) is 39.3 Å². The lowest BCUT2D eigenvalue weighted by molar-refractivity contribution is 0.0963. The molecule has 2 rings (SSSR count). The highest BCUT2D eigenvalue weighted by Crippen LogP contribution is 2.13. The minimum atomic E-state index is -0.497. The normalized spacial score (nSPS) is 14.9. The molecule has 1 saturated heterocycles. The molecule has 0 atom stereocenters. The van der Waals surface area contributed by atoms with Gasteiger partial charge in [0.05, 0.1) is 20.3 Å². The number of nitrogens with zero attached hydrogens (tertiary/aromatic N) is 2. The van der Waals surface area contributed by atoms with Gasteiger partial charge in [-0.25, -0.2) is 14.6 Å². The molecular formula is C20H31N5O4. The van der Waals surface area contributed by atoms with E-state index in [4.69, 9.17) is 4.74 Å². The Kier molecular flexibility index (Phi) is 9.07. The van der Waals surface area contributed by atoms with Crippen LogP contribution in [0.3, 0.4) is 0 Å². The maximum Gasteiger partial charge on any atom is 0.411 e. The Morgan fingerprint density at radius 1 is 1.17 bits per heavy atom. The van der Waals surface area contributed by atoms with Crippen LogP contribution in [0.5, 0.6) is 0 Å². The molecule has 0 aliphatic carbocycles. The second-order valence-electron chi connectivity index (χ2n) is 6.61. The van der Waals surface area contributed by atoms with Crippen LogP contribution in [0.2, 0.25) is 0 Å². The van der Waals surface area contributed by atoms with Gasteiger partial charge in [0.15, 0.2) is 5.96 Å². The van der Waals surface area contributed by atoms with Crippen molar-refractivity contribution in [3.05, 3.63) is 29.8 Å². The highest BCUT2D eigenvalue weighted by atomic mass is 16.6. The minimum Gasteiger partial charge on any atom is -0.453 e. The van der Waals surface area contributed by atoms with Gasteiger partial charge in [0, 0.05) is 31.4 Å². The maximum absolute atomic E-state index is 11.8. The smallest absolute Gasteiger partial charge is 0.411 e. The molecule has 0 bridgehead atoms. The topological polar surface area (TPSA) is 104 Å². The van der Waals surface area contributed by atoms with Crippen LogP contribution >= 0.6 is 0 Å². The highest BCUT2D eigenvalue weighted by Gasteiger charge is 2.24. The van der Waals surface area contributed by atoms with Crippen LogP contribution in [-0.2, 0) is 16.0 Å². The van der Waals surface area contributed by atoms with E-state index in [-0.39, 0.29) is 12.1 Å². The first-order valence-electron chi connectivity index (χ1n) is 9.96. The van der Waals surface area contributed by atoms with Crippen molar-refractivity contribution in [1.29, 1.82) is 0 Å². The van der Waals surface area contributed by atoms with Gasteiger partial charge < -0.3 is 25.0 Å². The lowest BCUT2D eigenvalue weighted by atomic mass is 10.1. The van der Waals surface area contributed by atoms with Crippen molar-refractivity contribution in [3.63, 3.8) is 0 Å². The van der Waals surface area contributed by atoms with Crippen LogP contribution in [-0.4, -0.2) is 62.4 Å². The van der Waals surface area contributed by atoms with E-state index in [2.05, 4.69) is 25.7 Å². The highest BCUT2D eigenvalue weighted by molar-refractivity contribution is 5.84. The average molecular weight is 405 g/mol. The fourth-order valence-electron chi connectivity index (χ4n) is 2.97. The van der Waals surface area contributed by atoms with Crippen molar-refractivity contribution in [3.8, 4) is 0 Å². The van der Waals surface area contributed by atoms with Crippen molar-refractivity contribution in [1.82, 2.24) is 15.5 Å². The van der Waals surface area contributed by atoms with Gasteiger partial charge in [-0.2, -0.15) is 0 Å². The Balaban J connectivity index is 1.86. The Labute approximate surface area is 171 Å². The van der Waals surface area contributed by atoms with Crippen molar-refractivity contribution in [2.75, 3.05) is 38.7 Å². The maximum atomic E-state index is 11.8. The summed E-state index contributed by atoms with van der Waals surface area (Å²) in [5.41, 5.74) is 1.69. The zero-order valence-corrected chi connectivity index (χ0v) is 17.4. The number of amides is 2. The Morgan fingerprint density at radius 2 is 1.86 bits per heavy atom. The number of anilines is 1. The van der Waals surface area contributed by atoms with E-state index >= 15 is 0 Å². The average Bonchev–Trinajstić information content (AvgIpc) is 2.73. The molecule has 1 aromatic carbocycles. The van der Waals surface area contributed by atoms with Crippen LogP contribution in [0.25, 0.3) is 0 Å². The number of ether oxygens (including phenoxy) is 2. The first kappa shape index (κ1) is 22.3. The number of methoxy groups -OCH3 is 1. The third-order valence-electron chi connectivity index (χ3n) is 4.51. The molecule has 3 N–H and O–H groups in total. The molecular weight excluding hydrogens is 374 g/mol. The molecule has 2 amide bonds. The fraction of sp³-hybridized carbons (Fsp3) is 0.550. The fourth-order valence-corrected chi connectivity index (χ4v) is 2.97. The molecule has 0 spiro atoms. The molecule has 1 heterocycles. The SMILES string of the molecule is CCNC(=NCc1ccc(NC(=O)OC)cc1)NC1CCN(C(=O)OCC)CC1. The number of carbonyl (C=O) groups is 2. The zero-order chi connectivity index (χ0) is 21.1. The Hall–Kier alpha value is -2.97. The Morgan fingerprint density at radius 3 is 2.45 bits per heavy atom. The molecule has 160 valence electrons. The number of likely N-dealkylation sites (tertiary alicyclic amines) is 1. The monoisotopic (exact) mass is 405 g/mol. The second kappa shape index (κ2) is 11.8. The van der Waals surface area contributed by atoms with E-state index in [1.807, 2.05) is 38.1 Å². The molecule has 9 heteroatoms. The number of aliphatic imine (C=N–C) groups is 1. The first-order chi connectivity index (χ1) is 14.0. The molecule has 1 aromatic rings. The number of hydrogen-bond acceptors (Lipinski definition) is 5. The third-order valence-corrected chi connectivity index (χ3v) is 4.51. The summed E-state index contributed by atoms with van der Waals surface area (Å²) < 4.78 is 9.64. The van der Waals surface area contributed by atoms with Gasteiger partial charge >= 0.3 is 12.2 Å². The third kappa shape index (κ3) is 7.52. The number of piperidine rings is 1. The number of guanidine groups is 1. The van der Waals surface area contributed by atoms with Gasteiger partial charge in [-0.3, -0.25) is 5.32 Å². The van der Waals surface area contributed by atoms with Gasteiger partial charge in [0.25, 0.3) is 0 Å². The molecule has 1 fully saturated rings. The number of carbonyl (C=O) groups excluding carboxylic acids is 2. The summed E-state index contributed by atoms with van der Waals surface area (Å²) in [6, 6.07) is 7.71. The van der Waals surface area contributed by atoms with E-state index in [0.29, 0.717) is 31.9 Å². The molecule has 9 nitrogen and oxygen atoms in total. The molecule has 0 saturated carbocycles. The van der Waals surface area contributed by atoms with Crippen LogP contribution in [0, 0.1) is 0 Å². The number of nitrogens with one attached hydrogen (secondary N) is 3. The lowest BCUT2D eigenvalue weighted by Crippen LogP contribution is -2.49. The van der Waals surface area contributed by atoms with Gasteiger partial charge in [-0.15, -0.1) is 0 Å². The van der Waals surface area contributed by atoms with Gasteiger partial charge in [0.1, 0.15) is 0 Å². The largest absolute Gasteiger partial charge is 0.453 e. The Bertz CT molecular complexity index is 685. The van der Waals surface area contributed by atoms with E-state index in [1.54, 1.807) is 4.90 Å². The van der Waals surface area contributed by atoms with Gasteiger partial charge in [-0.05, 0) is 44.4 Å². The van der Waals surface area contributed by atoms with Crippen LogP contribution in [0.4, 0.5) is 15.3 Å². The van der Waals surface area contributed by atoms with Gasteiger partial charge in [-0.1, -0.05) is 12.1 Å². The van der Waals surface area contributed by atoms with Crippen molar-refractivity contribution >= 4 is 23.8 Å². The first-order valence-corrected chi connectivity index (χ1v) is 9.96. The standard InChI is InChI=1S/C20H31N5O4/c1-4-21-18(23-17-10-12-25(13-11-17)20(27)29-5-2)22-14-15-6-8-16(9-7-15)24-19(26)28-3/h6-9,17H,4-5,10-14H2,1-3H3,(H,24,26)(H2,21,22,23). The van der Waals surface area contributed by atoms with E-state index in [9.17, 15) is 9.59 Å². The number of hydrogen-bond donors (Lipinski definition) is 3. The second-order valence-corrected chi connectivity index (χ2v) is 6.61. The summed E-state index contributed by atoms with van der Waals surface area (Å²) in [5.74, 6) is 0.749. The van der Waals surface area contributed by atoms with Crippen LogP contribution in [0.1, 0.15) is 32.3 Å². The van der Waals surface area contributed by atoms with E-state index in [0.717, 1.165) is 30.9 Å². The molecule has 0 unspecified atom stereocenters. The summed E-state index contributed by atoms with van der Waals surface area (Å²) >= 11 is 0. The number of benzene rings is 1. The number of rotatable bonds is 6. The molecule has 29 heavy (non-hydrogen) atoms. The summed E-state index contributed by atoms with van der Waals surface area (Å²) in [7, 11) is 1.33. The molecule has 0 radical (unpaired) electrons. The summed E-state index contributed by atoms with van der Waals surface area (Å²) in [5, 5.41) is 9.33. The molecule has 0 aromatic heterocycles. The quantitative estimate of drug-likeness (QED) is 0.496. The summed E-state index contributed by atoms with van der Waals surface area (Å²) in [6.45, 7) is 6.84. The van der Waals surface area contributed by atoms with E-state index in [1.165, 1.54) is 7.11 Å². The predicted molar refractivity (Wildman–Crippen MR) is 112 cm³/mol. The summed E-state index contributed by atoms with van der Waals surface area (Å²) in [4.78, 5) is 29.4. The zero-order valence-electron chi connectivity index (χ0n) is 17.4. The van der Waals surface area contributed by atoms with Crippen LogP contribution < -0.4 is 16.0 Å². The predicted octanol–water partition coefficient (Wildman–Crippen LogP) is 2.54.